The van der Waals surface area contributed by atoms with E-state index in [1.807, 2.05) is 48.5 Å². The molecule has 0 spiro atoms. The molecule has 2 heterocycles. The number of ether oxygens (including phenoxy) is 1. The van der Waals surface area contributed by atoms with Gasteiger partial charge >= 0.3 is 13.2 Å². The first-order valence-corrected chi connectivity index (χ1v) is 11.5. The molecule has 2 amide bonds. The molecule has 32 heavy (non-hydrogen) atoms. The minimum atomic E-state index is -0.556. The van der Waals surface area contributed by atoms with E-state index < -0.39 is 23.9 Å². The third-order valence-electron chi connectivity index (χ3n) is 6.17. The molecule has 2 saturated heterocycles. The molecule has 1 aromatic rings. The van der Waals surface area contributed by atoms with E-state index in [4.69, 9.17) is 25.6 Å². The third kappa shape index (κ3) is 5.59. The van der Waals surface area contributed by atoms with Gasteiger partial charge in [0.25, 0.3) is 5.91 Å². The Morgan fingerprint density at radius 1 is 1.19 bits per heavy atom. The van der Waals surface area contributed by atoms with Crippen LogP contribution in [-0.2, 0) is 14.0 Å². The number of carbonyl (C=O) groups is 2. The van der Waals surface area contributed by atoms with E-state index >= 15 is 0 Å². The number of rotatable bonds is 3. The summed E-state index contributed by atoms with van der Waals surface area (Å²) in [4.78, 5) is 26.9. The fraction of sp³-hybridized carbons (Fsp3) is 0.652. The van der Waals surface area contributed by atoms with Crippen molar-refractivity contribution in [1.82, 2.24) is 10.2 Å². The van der Waals surface area contributed by atoms with Gasteiger partial charge in [0.15, 0.2) is 0 Å². The molecule has 9 heteroatoms. The highest BCUT2D eigenvalue weighted by Gasteiger charge is 2.51. The van der Waals surface area contributed by atoms with Crippen molar-refractivity contribution in [2.75, 3.05) is 13.1 Å². The zero-order valence-corrected chi connectivity index (χ0v) is 20.8. The molecule has 3 rings (SSSR count). The van der Waals surface area contributed by atoms with Gasteiger partial charge in [-0.3, -0.25) is 4.79 Å². The van der Waals surface area contributed by atoms with Gasteiger partial charge in [0.05, 0.1) is 21.8 Å². The highest BCUT2D eigenvalue weighted by molar-refractivity contribution is 6.62. The molecular weight excluding hydrogens is 431 g/mol. The molecule has 1 atom stereocenters. The van der Waals surface area contributed by atoms with Crippen molar-refractivity contribution in [2.24, 2.45) is 0 Å². The summed E-state index contributed by atoms with van der Waals surface area (Å²) in [6, 6.07) is 5.04. The van der Waals surface area contributed by atoms with E-state index in [1.165, 1.54) is 0 Å². The molecule has 2 aliphatic rings. The van der Waals surface area contributed by atoms with Crippen molar-refractivity contribution in [3.8, 4) is 0 Å². The average Bonchev–Trinajstić information content (AvgIpc) is 2.87. The molecular formula is C23H34BClN2O5. The summed E-state index contributed by atoms with van der Waals surface area (Å²) in [6.45, 7) is 14.5. The molecule has 0 aliphatic carbocycles. The van der Waals surface area contributed by atoms with Gasteiger partial charge in [0.2, 0.25) is 0 Å². The van der Waals surface area contributed by atoms with Crippen LogP contribution in [0.4, 0.5) is 4.79 Å². The molecule has 2 fully saturated rings. The van der Waals surface area contributed by atoms with E-state index in [9.17, 15) is 9.59 Å². The minimum absolute atomic E-state index is 0.164. The third-order valence-corrected chi connectivity index (χ3v) is 6.48. The second-order valence-electron chi connectivity index (χ2n) is 10.6. The maximum absolute atomic E-state index is 12.9. The first kappa shape index (κ1) is 24.9. The normalized spacial score (nSPS) is 22.6. The SMILES string of the molecule is CC(C)(C)OC(=O)N1CCC[C@H](NC(=O)c2ccc(B3OC(C)(C)C(C)(C)O3)cc2Cl)C1. The molecule has 0 aromatic heterocycles. The number of nitrogens with one attached hydrogen (secondary N) is 1. The highest BCUT2D eigenvalue weighted by atomic mass is 35.5. The lowest BCUT2D eigenvalue weighted by atomic mass is 9.79. The summed E-state index contributed by atoms with van der Waals surface area (Å²) in [5, 5.41) is 3.33. The van der Waals surface area contributed by atoms with Gasteiger partial charge in [-0.05, 0) is 78.9 Å². The first-order valence-electron chi connectivity index (χ1n) is 11.1. The molecule has 7 nitrogen and oxygen atoms in total. The van der Waals surface area contributed by atoms with Gasteiger partial charge < -0.3 is 24.3 Å². The van der Waals surface area contributed by atoms with Crippen molar-refractivity contribution in [3.63, 3.8) is 0 Å². The molecule has 1 N–H and O–H groups in total. The van der Waals surface area contributed by atoms with Crippen LogP contribution in [0.15, 0.2) is 18.2 Å². The quantitative estimate of drug-likeness (QED) is 0.689. The summed E-state index contributed by atoms with van der Waals surface area (Å²) in [5.41, 5.74) is -0.331. The van der Waals surface area contributed by atoms with E-state index in [1.54, 1.807) is 23.1 Å². The van der Waals surface area contributed by atoms with Crippen LogP contribution in [-0.4, -0.2) is 60.0 Å². The first-order chi connectivity index (χ1) is 14.7. The fourth-order valence-electron chi connectivity index (χ4n) is 3.69. The van der Waals surface area contributed by atoms with Gasteiger partial charge in [0, 0.05) is 19.1 Å². The molecule has 0 saturated carbocycles. The standard InChI is InChI=1S/C23H34BClN2O5/c1-21(2,3)30-20(29)27-12-8-9-16(14-27)26-19(28)17-11-10-15(13-18(17)25)24-31-22(4,5)23(6,7)32-24/h10-11,13,16H,8-9,12,14H2,1-7H3,(H,26,28)/t16-/m0/s1. The lowest BCUT2D eigenvalue weighted by molar-refractivity contribution is 0.00578. The number of halogens is 1. The van der Waals surface area contributed by atoms with E-state index in [-0.39, 0.29) is 18.0 Å². The van der Waals surface area contributed by atoms with E-state index in [0.29, 0.717) is 23.7 Å². The van der Waals surface area contributed by atoms with Crippen molar-refractivity contribution < 1.29 is 23.6 Å². The smallest absolute Gasteiger partial charge is 0.444 e. The van der Waals surface area contributed by atoms with Crippen molar-refractivity contribution in [1.29, 1.82) is 0 Å². The van der Waals surface area contributed by atoms with Crippen LogP contribution in [0.5, 0.6) is 0 Å². The van der Waals surface area contributed by atoms with Crippen LogP contribution >= 0.6 is 11.6 Å². The van der Waals surface area contributed by atoms with Crippen LogP contribution in [0.1, 0.15) is 71.7 Å². The Bertz CT molecular complexity index is 868. The zero-order chi connectivity index (χ0) is 23.9. The topological polar surface area (TPSA) is 77.1 Å². The lowest BCUT2D eigenvalue weighted by Gasteiger charge is -2.34. The Morgan fingerprint density at radius 2 is 1.81 bits per heavy atom. The molecule has 176 valence electrons. The summed E-state index contributed by atoms with van der Waals surface area (Å²) >= 11 is 6.46. The Labute approximate surface area is 196 Å². The fourth-order valence-corrected chi connectivity index (χ4v) is 3.97. The second kappa shape index (κ2) is 8.88. The van der Waals surface area contributed by atoms with E-state index in [0.717, 1.165) is 18.3 Å². The van der Waals surface area contributed by atoms with Gasteiger partial charge in [-0.25, -0.2) is 4.79 Å². The number of hydrogen-bond donors (Lipinski definition) is 1. The summed E-state index contributed by atoms with van der Waals surface area (Å²) in [5.74, 6) is -0.272. The van der Waals surface area contributed by atoms with Gasteiger partial charge in [-0.15, -0.1) is 0 Å². The van der Waals surface area contributed by atoms with Crippen molar-refractivity contribution in [2.45, 2.75) is 84.2 Å². The predicted molar refractivity (Wildman–Crippen MR) is 125 cm³/mol. The van der Waals surface area contributed by atoms with Gasteiger partial charge in [-0.1, -0.05) is 17.7 Å². The zero-order valence-electron chi connectivity index (χ0n) is 20.1. The number of hydrogen-bond acceptors (Lipinski definition) is 5. The predicted octanol–water partition coefficient (Wildman–Crippen LogP) is 3.77. The largest absolute Gasteiger partial charge is 0.494 e. The maximum atomic E-state index is 12.9. The van der Waals surface area contributed by atoms with Crippen molar-refractivity contribution in [3.05, 3.63) is 28.8 Å². The molecule has 0 unspecified atom stereocenters. The summed E-state index contributed by atoms with van der Waals surface area (Å²) in [7, 11) is -0.546. The van der Waals surface area contributed by atoms with Crippen LogP contribution in [0.25, 0.3) is 0 Å². The Balaban J connectivity index is 1.64. The summed E-state index contributed by atoms with van der Waals surface area (Å²) in [6.07, 6.45) is 1.22. The second-order valence-corrected chi connectivity index (χ2v) is 11.0. The highest BCUT2D eigenvalue weighted by Crippen LogP contribution is 2.36. The number of benzene rings is 1. The van der Waals surface area contributed by atoms with Crippen LogP contribution in [0.3, 0.4) is 0 Å². The van der Waals surface area contributed by atoms with Crippen LogP contribution < -0.4 is 10.8 Å². The molecule has 0 bridgehead atoms. The van der Waals surface area contributed by atoms with Gasteiger partial charge in [0.1, 0.15) is 5.60 Å². The van der Waals surface area contributed by atoms with Crippen molar-refractivity contribution >= 4 is 36.2 Å². The maximum Gasteiger partial charge on any atom is 0.494 e. The molecule has 0 radical (unpaired) electrons. The molecule has 2 aliphatic heterocycles. The number of nitrogens with zero attached hydrogens (tertiary/aromatic N) is 1. The van der Waals surface area contributed by atoms with Crippen LogP contribution in [0, 0.1) is 0 Å². The number of carbonyl (C=O) groups excluding carboxylic acids is 2. The number of piperidine rings is 1. The summed E-state index contributed by atoms with van der Waals surface area (Å²) < 4.78 is 17.6. The average molecular weight is 465 g/mol. The van der Waals surface area contributed by atoms with E-state index in [2.05, 4.69) is 5.32 Å². The number of amides is 2. The molecule has 1 aromatic carbocycles. The van der Waals surface area contributed by atoms with Crippen LogP contribution in [0.2, 0.25) is 5.02 Å². The van der Waals surface area contributed by atoms with Gasteiger partial charge in [-0.2, -0.15) is 0 Å². The monoisotopic (exact) mass is 464 g/mol. The number of likely N-dealkylation sites (tertiary alicyclic amines) is 1. The minimum Gasteiger partial charge on any atom is -0.444 e. The Kier molecular flexibility index (Phi) is 6.90. The Morgan fingerprint density at radius 3 is 2.38 bits per heavy atom. The lowest BCUT2D eigenvalue weighted by Crippen LogP contribution is -2.50. The Hall–Kier alpha value is -1.77.